The van der Waals surface area contributed by atoms with Crippen molar-refractivity contribution in [3.63, 3.8) is 0 Å². The van der Waals surface area contributed by atoms with Gasteiger partial charge >= 0.3 is 5.97 Å². The molecule has 1 aliphatic rings. The van der Waals surface area contributed by atoms with E-state index in [1.807, 2.05) is 0 Å². The number of aromatic hydroxyl groups is 2. The molecule has 1 fully saturated rings. The summed E-state index contributed by atoms with van der Waals surface area (Å²) < 4.78 is 15.3. The van der Waals surface area contributed by atoms with Gasteiger partial charge in [0, 0.05) is 18.6 Å². The van der Waals surface area contributed by atoms with E-state index >= 15 is 0 Å². The molecule has 5 atom stereocenters. The van der Waals surface area contributed by atoms with Gasteiger partial charge in [-0.05, 0) is 6.42 Å². The third-order valence-electron chi connectivity index (χ3n) is 3.79. The molecule has 0 spiro atoms. The first-order chi connectivity index (χ1) is 12.3. The van der Waals surface area contributed by atoms with E-state index in [1.165, 1.54) is 0 Å². The molecule has 0 aliphatic carbocycles. The Hall–Kier alpha value is -2.11. The van der Waals surface area contributed by atoms with Crippen LogP contribution in [0.3, 0.4) is 0 Å². The standard InChI is InChI=1S/C16H22O10/c1-2-3-11(20)24-7-4-8(18)15(9(19)5-7)26-16-14(23)13(22)12(21)10(6-17)25-16/h4-5,10,12-14,16-19,21-23H,2-3,6H2,1H3. The van der Waals surface area contributed by atoms with Crippen LogP contribution in [0, 0.1) is 0 Å². The van der Waals surface area contributed by atoms with Crippen molar-refractivity contribution < 1.29 is 49.6 Å². The number of carbonyl (C=O) groups is 1. The zero-order chi connectivity index (χ0) is 19.4. The number of hydrogen-bond acceptors (Lipinski definition) is 10. The van der Waals surface area contributed by atoms with Gasteiger partial charge in [-0.2, -0.15) is 0 Å². The highest BCUT2D eigenvalue weighted by Gasteiger charge is 2.45. The summed E-state index contributed by atoms with van der Waals surface area (Å²) in [5, 5.41) is 58.5. The minimum atomic E-state index is -1.71. The Morgan fingerprint density at radius 2 is 1.73 bits per heavy atom. The molecule has 6 N–H and O–H groups in total. The van der Waals surface area contributed by atoms with Crippen LogP contribution in [0.1, 0.15) is 19.8 Å². The van der Waals surface area contributed by atoms with E-state index in [0.717, 1.165) is 12.1 Å². The first kappa shape index (κ1) is 20.2. The van der Waals surface area contributed by atoms with Gasteiger partial charge in [-0.15, -0.1) is 0 Å². The van der Waals surface area contributed by atoms with Crippen molar-refractivity contribution >= 4 is 5.97 Å². The Balaban J connectivity index is 2.17. The van der Waals surface area contributed by atoms with Crippen molar-refractivity contribution in [2.75, 3.05) is 6.61 Å². The maximum Gasteiger partial charge on any atom is 0.311 e. The number of esters is 1. The van der Waals surface area contributed by atoms with Gasteiger partial charge in [0.2, 0.25) is 12.0 Å². The van der Waals surface area contributed by atoms with E-state index in [-0.39, 0.29) is 12.2 Å². The highest BCUT2D eigenvalue weighted by atomic mass is 16.7. The second-order valence-electron chi connectivity index (χ2n) is 5.83. The van der Waals surface area contributed by atoms with Crippen LogP contribution in [0.25, 0.3) is 0 Å². The normalized spacial score (nSPS) is 28.6. The summed E-state index contributed by atoms with van der Waals surface area (Å²) in [5.74, 6) is -2.37. The molecular weight excluding hydrogens is 352 g/mol. The van der Waals surface area contributed by atoms with Crippen LogP contribution < -0.4 is 9.47 Å². The largest absolute Gasteiger partial charge is 0.504 e. The molecule has 0 bridgehead atoms. The zero-order valence-electron chi connectivity index (χ0n) is 14.0. The number of hydrogen-bond donors (Lipinski definition) is 6. The molecule has 26 heavy (non-hydrogen) atoms. The molecule has 0 aromatic heterocycles. The lowest BCUT2D eigenvalue weighted by Crippen LogP contribution is -2.60. The Morgan fingerprint density at radius 1 is 1.12 bits per heavy atom. The van der Waals surface area contributed by atoms with Gasteiger partial charge in [0.15, 0.2) is 11.5 Å². The second-order valence-corrected chi connectivity index (χ2v) is 5.83. The van der Waals surface area contributed by atoms with Gasteiger partial charge in [-0.3, -0.25) is 4.79 Å². The van der Waals surface area contributed by atoms with Crippen LogP contribution >= 0.6 is 0 Å². The maximum absolute atomic E-state index is 11.5. The second kappa shape index (κ2) is 8.52. The smallest absolute Gasteiger partial charge is 0.311 e. The third kappa shape index (κ3) is 4.34. The SMILES string of the molecule is CCCC(=O)Oc1cc(O)c(OC2OC(CO)C(O)C(O)C2O)c(O)c1. The minimum Gasteiger partial charge on any atom is -0.504 e. The summed E-state index contributed by atoms with van der Waals surface area (Å²) in [6.45, 7) is 1.13. The summed E-state index contributed by atoms with van der Waals surface area (Å²) >= 11 is 0. The molecule has 0 radical (unpaired) electrons. The molecule has 2 rings (SSSR count). The predicted molar refractivity (Wildman–Crippen MR) is 84.7 cm³/mol. The van der Waals surface area contributed by atoms with E-state index in [1.54, 1.807) is 6.92 Å². The van der Waals surface area contributed by atoms with Crippen LogP contribution in [0.5, 0.6) is 23.0 Å². The molecule has 1 saturated heterocycles. The van der Waals surface area contributed by atoms with Crippen molar-refractivity contribution in [3.05, 3.63) is 12.1 Å². The lowest BCUT2D eigenvalue weighted by molar-refractivity contribution is -0.277. The number of rotatable bonds is 6. The van der Waals surface area contributed by atoms with E-state index in [2.05, 4.69) is 0 Å². The number of aliphatic hydroxyl groups excluding tert-OH is 4. The predicted octanol–water partition coefficient (Wildman–Crippen LogP) is -1.02. The Bertz CT molecular complexity index is 608. The fraction of sp³-hybridized carbons (Fsp3) is 0.562. The molecule has 1 aromatic carbocycles. The molecule has 1 aliphatic heterocycles. The van der Waals surface area contributed by atoms with Gasteiger partial charge in [0.25, 0.3) is 0 Å². The first-order valence-corrected chi connectivity index (χ1v) is 8.02. The van der Waals surface area contributed by atoms with E-state index < -0.39 is 60.5 Å². The number of carbonyl (C=O) groups excluding carboxylic acids is 1. The number of ether oxygens (including phenoxy) is 3. The highest BCUT2D eigenvalue weighted by Crippen LogP contribution is 2.41. The quantitative estimate of drug-likeness (QED) is 0.268. The summed E-state index contributed by atoms with van der Waals surface area (Å²) in [6, 6.07) is 2.04. The average molecular weight is 374 g/mol. The van der Waals surface area contributed by atoms with Crippen LogP contribution in [0.4, 0.5) is 0 Å². The third-order valence-corrected chi connectivity index (χ3v) is 3.79. The Kier molecular flexibility index (Phi) is 6.62. The van der Waals surface area contributed by atoms with E-state index in [0.29, 0.717) is 6.42 Å². The molecular formula is C16H22O10. The number of phenols is 2. The molecule has 1 heterocycles. The summed E-state index contributed by atoms with van der Waals surface area (Å²) in [4.78, 5) is 11.5. The number of benzene rings is 1. The Labute approximate surface area is 148 Å². The van der Waals surface area contributed by atoms with Crippen LogP contribution in [-0.2, 0) is 9.53 Å². The molecule has 146 valence electrons. The monoisotopic (exact) mass is 374 g/mol. The zero-order valence-corrected chi connectivity index (χ0v) is 14.0. The number of phenolic OH excluding ortho intramolecular Hbond substituents is 2. The fourth-order valence-electron chi connectivity index (χ4n) is 2.42. The van der Waals surface area contributed by atoms with E-state index in [4.69, 9.17) is 19.3 Å². The first-order valence-electron chi connectivity index (χ1n) is 8.02. The Morgan fingerprint density at radius 3 is 2.27 bits per heavy atom. The summed E-state index contributed by atoms with van der Waals surface area (Å²) in [7, 11) is 0. The van der Waals surface area contributed by atoms with Gasteiger partial charge in [0.1, 0.15) is 30.2 Å². The number of aliphatic hydroxyl groups is 4. The van der Waals surface area contributed by atoms with E-state index in [9.17, 15) is 30.3 Å². The average Bonchev–Trinajstić information content (AvgIpc) is 2.58. The summed E-state index contributed by atoms with van der Waals surface area (Å²) in [6.07, 6.45) is -7.04. The summed E-state index contributed by atoms with van der Waals surface area (Å²) in [5.41, 5.74) is 0. The van der Waals surface area contributed by atoms with Crippen molar-refractivity contribution in [2.24, 2.45) is 0 Å². The molecule has 10 heteroatoms. The molecule has 5 unspecified atom stereocenters. The molecule has 0 saturated carbocycles. The fourth-order valence-corrected chi connectivity index (χ4v) is 2.42. The topological polar surface area (TPSA) is 166 Å². The van der Waals surface area contributed by atoms with Gasteiger partial charge in [0.05, 0.1) is 6.61 Å². The lowest BCUT2D eigenvalue weighted by Gasteiger charge is -2.39. The minimum absolute atomic E-state index is 0.111. The van der Waals surface area contributed by atoms with Crippen molar-refractivity contribution in [1.29, 1.82) is 0 Å². The maximum atomic E-state index is 11.5. The van der Waals surface area contributed by atoms with Crippen molar-refractivity contribution in [2.45, 2.75) is 50.5 Å². The van der Waals surface area contributed by atoms with Gasteiger partial charge in [-0.25, -0.2) is 0 Å². The van der Waals surface area contributed by atoms with Crippen LogP contribution in [0.2, 0.25) is 0 Å². The van der Waals surface area contributed by atoms with Crippen molar-refractivity contribution in [3.8, 4) is 23.0 Å². The van der Waals surface area contributed by atoms with Gasteiger partial charge < -0.3 is 44.8 Å². The highest BCUT2D eigenvalue weighted by molar-refractivity contribution is 5.73. The molecule has 0 amide bonds. The van der Waals surface area contributed by atoms with Crippen LogP contribution in [0.15, 0.2) is 12.1 Å². The molecule has 10 nitrogen and oxygen atoms in total. The molecule has 1 aromatic rings. The van der Waals surface area contributed by atoms with Crippen LogP contribution in [-0.4, -0.2) is 73.9 Å². The van der Waals surface area contributed by atoms with Crippen molar-refractivity contribution in [1.82, 2.24) is 0 Å². The lowest BCUT2D eigenvalue weighted by atomic mass is 9.99. The van der Waals surface area contributed by atoms with Gasteiger partial charge in [-0.1, -0.05) is 6.92 Å².